The molecular weight excluding hydrogens is 377 g/mol. The molecule has 0 heterocycles. The second kappa shape index (κ2) is 4.29. The molecule has 0 nitrogen and oxygen atoms in total. The number of hydrogen-bond donors (Lipinski definition) is 0. The van der Waals surface area contributed by atoms with Crippen molar-refractivity contribution >= 4 is 15.0 Å². The molecule has 1 aromatic rings. The van der Waals surface area contributed by atoms with E-state index in [4.69, 9.17) is 0 Å². The quantitative estimate of drug-likeness (QED) is 0.689. The Bertz CT molecular complexity index is 218. The third kappa shape index (κ3) is 2.20. The fourth-order valence-electron chi connectivity index (χ4n) is 0.751. The Balaban J connectivity index is 2.85. The van der Waals surface area contributed by atoms with Gasteiger partial charge in [-0.25, -0.2) is 0 Å². The van der Waals surface area contributed by atoms with Crippen molar-refractivity contribution in [3.8, 4) is 0 Å². The summed E-state index contributed by atoms with van der Waals surface area (Å²) in [5.74, 6) is 0. The van der Waals surface area contributed by atoms with E-state index in [1.807, 2.05) is 6.07 Å². The molecule has 0 aliphatic carbocycles. The minimum absolute atomic E-state index is 0.894. The predicted octanol–water partition coefficient (Wildman–Crippen LogP) is 3.05. The molecule has 0 atom stereocenters. The number of rotatable bonds is 2. The fourth-order valence-corrected chi connectivity index (χ4v) is 5.11. The van der Waals surface area contributed by atoms with Gasteiger partial charge in [0, 0.05) is 0 Å². The molecule has 0 aliphatic rings. The van der Waals surface area contributed by atoms with Crippen LogP contribution in [0.1, 0.15) is 5.56 Å². The van der Waals surface area contributed by atoms with Crippen molar-refractivity contribution in [1.82, 2.24) is 0 Å². The summed E-state index contributed by atoms with van der Waals surface area (Å²) in [5, 5.41) is 0. The van der Waals surface area contributed by atoms with Crippen LogP contribution in [-0.4, -0.2) is 0 Å². The molecule has 2 heteroatoms. The van der Waals surface area contributed by atoms with Crippen molar-refractivity contribution in [2.45, 2.75) is 0 Å². The minimum atomic E-state index is -0.894. The first kappa shape index (κ1) is 8.47. The van der Waals surface area contributed by atoms with Gasteiger partial charge in [0.1, 0.15) is 0 Å². The molecule has 0 aliphatic heterocycles. The molecule has 0 bridgehead atoms. The van der Waals surface area contributed by atoms with Crippen LogP contribution in [0.4, 0.5) is 0 Å². The fraction of sp³-hybridized carbons (Fsp3) is 0. The normalized spacial score (nSPS) is 8.50. The Labute approximate surface area is 79.0 Å². The van der Waals surface area contributed by atoms with Gasteiger partial charge in [-0.1, -0.05) is 0 Å². The van der Waals surface area contributed by atoms with Crippen molar-refractivity contribution in [2.75, 3.05) is 0 Å². The summed E-state index contributed by atoms with van der Waals surface area (Å²) in [6.45, 7) is 4.00. The van der Waals surface area contributed by atoms with Gasteiger partial charge in [-0.05, 0) is 0 Å². The van der Waals surface area contributed by atoms with Gasteiger partial charge >= 0.3 is 79.6 Å². The molecule has 0 N–H and O–H groups in total. The molecule has 0 radical (unpaired) electrons. The van der Waals surface area contributed by atoms with Crippen LogP contribution in [-0.2, 0) is 22.1 Å². The van der Waals surface area contributed by atoms with Crippen molar-refractivity contribution in [1.29, 1.82) is 0 Å². The predicted molar refractivity (Wildman–Crippen MR) is 44.4 cm³/mol. The molecular formula is C8H7BrHg. The first-order chi connectivity index (χ1) is 4.84. The van der Waals surface area contributed by atoms with Gasteiger partial charge in [0.25, 0.3) is 0 Å². The zero-order chi connectivity index (χ0) is 7.40. The third-order valence-electron chi connectivity index (χ3n) is 1.34. The summed E-state index contributed by atoms with van der Waals surface area (Å²) in [6.07, 6.45) is 0. The molecule has 0 unspecified atom stereocenters. The van der Waals surface area contributed by atoms with E-state index in [2.05, 4.69) is 42.7 Å². The van der Waals surface area contributed by atoms with E-state index >= 15 is 0 Å². The molecule has 0 spiro atoms. The molecule has 0 amide bonds. The number of benzene rings is 1. The van der Waals surface area contributed by atoms with Crippen molar-refractivity contribution in [2.24, 2.45) is 0 Å². The maximum absolute atomic E-state index is 4.00. The molecule has 48 valence electrons. The van der Waals surface area contributed by atoms with Crippen LogP contribution >= 0.6 is 11.9 Å². The van der Waals surface area contributed by atoms with Crippen LogP contribution < -0.4 is 0 Å². The van der Waals surface area contributed by atoms with Crippen LogP contribution in [0.3, 0.4) is 0 Å². The van der Waals surface area contributed by atoms with Crippen LogP contribution in [0.15, 0.2) is 36.9 Å². The average molecular weight is 384 g/mol. The van der Waals surface area contributed by atoms with Gasteiger partial charge in [-0.3, -0.25) is 0 Å². The summed E-state index contributed by atoms with van der Waals surface area (Å²) >= 11 is 2.68. The second-order valence-electron chi connectivity index (χ2n) is 2.10. The van der Waals surface area contributed by atoms with Gasteiger partial charge < -0.3 is 0 Å². The molecule has 1 rings (SSSR count). The molecule has 0 aromatic heterocycles. The van der Waals surface area contributed by atoms with Crippen LogP contribution in [0, 0.1) is 0 Å². The van der Waals surface area contributed by atoms with Crippen LogP contribution in [0.5, 0.6) is 0 Å². The van der Waals surface area contributed by atoms with Crippen molar-refractivity contribution < 1.29 is 22.1 Å². The zero-order valence-corrected chi connectivity index (χ0v) is 12.8. The molecule has 1 aromatic carbocycles. The number of hydrogen-bond acceptors (Lipinski definition) is 0. The summed E-state index contributed by atoms with van der Waals surface area (Å²) in [5.41, 5.74) is 1.31. The van der Waals surface area contributed by atoms with E-state index < -0.39 is 22.1 Å². The Kier molecular flexibility index (Phi) is 3.64. The molecule has 10 heavy (non-hydrogen) atoms. The van der Waals surface area contributed by atoms with Gasteiger partial charge in [0.15, 0.2) is 0 Å². The second-order valence-corrected chi connectivity index (χ2v) is 11.4. The first-order valence-corrected chi connectivity index (χ1v) is 17.8. The third-order valence-corrected chi connectivity index (χ3v) is 10.1. The maximum atomic E-state index is 4.00. The molecule has 0 saturated heterocycles. The topological polar surface area (TPSA) is 0 Å². The van der Waals surface area contributed by atoms with Crippen molar-refractivity contribution in [3.05, 3.63) is 42.5 Å². The van der Waals surface area contributed by atoms with Gasteiger partial charge in [0.2, 0.25) is 0 Å². The standard InChI is InChI=1S/C8H7.BrH.Hg/c1-2-8-6-4-3-5-7-8;;/h3-7H,1H2;1H;/q;;+1/p-1. The van der Waals surface area contributed by atoms with Gasteiger partial charge in [-0.2, -0.15) is 0 Å². The Morgan fingerprint density at radius 3 is 2.40 bits per heavy atom. The summed E-state index contributed by atoms with van der Waals surface area (Å²) in [7, 11) is 0. The van der Waals surface area contributed by atoms with Gasteiger partial charge in [-0.15, -0.1) is 0 Å². The Morgan fingerprint density at radius 1 is 1.30 bits per heavy atom. The van der Waals surface area contributed by atoms with E-state index in [0.29, 0.717) is 0 Å². The van der Waals surface area contributed by atoms with Crippen molar-refractivity contribution in [3.63, 3.8) is 0 Å². The SMILES string of the molecule is C=[C]([Hg][Br])c1ccccc1. The van der Waals surface area contributed by atoms with E-state index in [1.54, 1.807) is 0 Å². The monoisotopic (exact) mass is 384 g/mol. The first-order valence-electron chi connectivity index (χ1n) is 3.14. The van der Waals surface area contributed by atoms with Crippen LogP contribution in [0.2, 0.25) is 0 Å². The molecule has 0 saturated carbocycles. The summed E-state index contributed by atoms with van der Waals surface area (Å²) in [6, 6.07) is 10.4. The zero-order valence-electron chi connectivity index (χ0n) is 5.68. The van der Waals surface area contributed by atoms with Gasteiger partial charge in [0.05, 0.1) is 0 Å². The van der Waals surface area contributed by atoms with Crippen LogP contribution in [0.25, 0.3) is 3.08 Å². The molecule has 0 fully saturated rings. The summed E-state index contributed by atoms with van der Waals surface area (Å²) < 4.78 is 1.35. The van der Waals surface area contributed by atoms with E-state index in [1.165, 1.54) is 8.65 Å². The Hall–Kier alpha value is 0.375. The van der Waals surface area contributed by atoms with E-state index in [-0.39, 0.29) is 0 Å². The van der Waals surface area contributed by atoms with E-state index in [0.717, 1.165) is 0 Å². The Morgan fingerprint density at radius 2 is 1.90 bits per heavy atom. The number of halogens is 1. The summed E-state index contributed by atoms with van der Waals surface area (Å²) in [4.78, 5) is 0. The average Bonchev–Trinajstić information content (AvgIpc) is 2.05. The van der Waals surface area contributed by atoms with E-state index in [9.17, 15) is 0 Å².